The molecule has 1 aliphatic rings. The second-order valence-corrected chi connectivity index (χ2v) is 6.77. The minimum Gasteiger partial charge on any atom is -0.372 e. The van der Waals surface area contributed by atoms with E-state index >= 15 is 0 Å². The standard InChI is InChI=1S/C19H26N4/c1-14(12-23-13-15(2)11-21-23)10-20-18-6-5-7-19-17(18)9-8-16(3)22(19)4/h5-7,10-11,13-14,16H,8-9,12H2,1-4H3. The SMILES string of the molecule is Cc1cnn(CC(C)C=Nc2cccc3c2CCC(C)N3C)c1. The maximum atomic E-state index is 4.79. The van der Waals surface area contributed by atoms with Gasteiger partial charge in [0, 0.05) is 49.2 Å². The van der Waals surface area contributed by atoms with Gasteiger partial charge >= 0.3 is 0 Å². The molecule has 122 valence electrons. The summed E-state index contributed by atoms with van der Waals surface area (Å²) in [6.07, 6.45) is 8.34. The number of aryl methyl sites for hydroxylation is 1. The van der Waals surface area contributed by atoms with Gasteiger partial charge in [0.1, 0.15) is 0 Å². The van der Waals surface area contributed by atoms with E-state index < -0.39 is 0 Å². The fraction of sp³-hybridized carbons (Fsp3) is 0.474. The maximum Gasteiger partial charge on any atom is 0.0678 e. The molecule has 0 aliphatic carbocycles. The molecule has 2 atom stereocenters. The van der Waals surface area contributed by atoms with Gasteiger partial charge in [-0.25, -0.2) is 0 Å². The molecular weight excluding hydrogens is 284 g/mol. The molecule has 0 amide bonds. The third kappa shape index (κ3) is 3.46. The summed E-state index contributed by atoms with van der Waals surface area (Å²) in [5, 5.41) is 4.35. The number of rotatable bonds is 4. The monoisotopic (exact) mass is 310 g/mol. The zero-order valence-corrected chi connectivity index (χ0v) is 14.5. The van der Waals surface area contributed by atoms with E-state index in [0.717, 1.165) is 18.7 Å². The number of aromatic nitrogens is 2. The highest BCUT2D eigenvalue weighted by molar-refractivity contribution is 5.72. The number of aliphatic imine (C=N–C) groups is 1. The Hall–Kier alpha value is -2.10. The number of benzene rings is 1. The number of hydrogen-bond donors (Lipinski definition) is 0. The first-order valence-electron chi connectivity index (χ1n) is 8.42. The molecule has 2 heterocycles. The molecule has 0 bridgehead atoms. The number of hydrogen-bond acceptors (Lipinski definition) is 3. The van der Waals surface area contributed by atoms with Crippen molar-refractivity contribution in [1.29, 1.82) is 0 Å². The highest BCUT2D eigenvalue weighted by Crippen LogP contribution is 2.35. The van der Waals surface area contributed by atoms with Gasteiger partial charge in [0.25, 0.3) is 0 Å². The lowest BCUT2D eigenvalue weighted by Crippen LogP contribution is -2.33. The smallest absolute Gasteiger partial charge is 0.0678 e. The van der Waals surface area contributed by atoms with E-state index in [1.807, 2.05) is 10.9 Å². The third-order valence-corrected chi connectivity index (χ3v) is 4.69. The highest BCUT2D eigenvalue weighted by atomic mass is 15.3. The number of nitrogens with zero attached hydrogens (tertiary/aromatic N) is 4. The maximum absolute atomic E-state index is 4.79. The molecule has 1 aliphatic heterocycles. The number of fused-ring (bicyclic) bond motifs is 1. The summed E-state index contributed by atoms with van der Waals surface area (Å²) in [6, 6.07) is 7.05. The fourth-order valence-electron chi connectivity index (χ4n) is 3.17. The Morgan fingerprint density at radius 2 is 2.26 bits per heavy atom. The molecule has 0 spiro atoms. The predicted molar refractivity (Wildman–Crippen MR) is 96.9 cm³/mol. The predicted octanol–water partition coefficient (Wildman–Crippen LogP) is 4.00. The van der Waals surface area contributed by atoms with Crippen molar-refractivity contribution in [2.24, 2.45) is 10.9 Å². The van der Waals surface area contributed by atoms with Crippen LogP contribution >= 0.6 is 0 Å². The van der Waals surface area contributed by atoms with Crippen LogP contribution in [0.3, 0.4) is 0 Å². The van der Waals surface area contributed by atoms with Crippen molar-refractivity contribution >= 4 is 17.6 Å². The van der Waals surface area contributed by atoms with Crippen LogP contribution in [0.15, 0.2) is 35.6 Å². The van der Waals surface area contributed by atoms with Crippen LogP contribution in [-0.4, -0.2) is 29.1 Å². The first-order chi connectivity index (χ1) is 11.0. The third-order valence-electron chi connectivity index (χ3n) is 4.69. The average molecular weight is 310 g/mol. The van der Waals surface area contributed by atoms with E-state index in [1.165, 1.54) is 23.2 Å². The molecule has 1 aromatic carbocycles. The van der Waals surface area contributed by atoms with Crippen LogP contribution in [-0.2, 0) is 13.0 Å². The van der Waals surface area contributed by atoms with Crippen LogP contribution in [0.4, 0.5) is 11.4 Å². The van der Waals surface area contributed by atoms with Gasteiger partial charge in [-0.2, -0.15) is 5.10 Å². The van der Waals surface area contributed by atoms with Crippen LogP contribution < -0.4 is 4.90 Å². The summed E-state index contributed by atoms with van der Waals surface area (Å²) in [4.78, 5) is 7.16. The van der Waals surface area contributed by atoms with Crippen molar-refractivity contribution in [3.05, 3.63) is 41.7 Å². The summed E-state index contributed by atoms with van der Waals surface area (Å²) in [5.74, 6) is 0.352. The fourth-order valence-corrected chi connectivity index (χ4v) is 3.17. The Morgan fingerprint density at radius 3 is 3.00 bits per heavy atom. The normalized spacial score (nSPS) is 19.1. The second kappa shape index (κ2) is 6.57. The van der Waals surface area contributed by atoms with Crippen LogP contribution in [0.25, 0.3) is 0 Å². The second-order valence-electron chi connectivity index (χ2n) is 6.77. The first kappa shape index (κ1) is 15.8. The molecule has 0 radical (unpaired) electrons. The quantitative estimate of drug-likeness (QED) is 0.800. The summed E-state index contributed by atoms with van der Waals surface area (Å²) >= 11 is 0. The van der Waals surface area contributed by atoms with E-state index in [9.17, 15) is 0 Å². The van der Waals surface area contributed by atoms with Crippen molar-refractivity contribution in [3.63, 3.8) is 0 Å². The largest absolute Gasteiger partial charge is 0.372 e. The zero-order chi connectivity index (χ0) is 16.4. The Kier molecular flexibility index (Phi) is 4.51. The molecule has 0 fully saturated rings. The van der Waals surface area contributed by atoms with Gasteiger partial charge in [-0.1, -0.05) is 13.0 Å². The van der Waals surface area contributed by atoms with E-state index in [1.54, 1.807) is 0 Å². The average Bonchev–Trinajstić information content (AvgIpc) is 2.94. The van der Waals surface area contributed by atoms with E-state index in [2.05, 4.69) is 68.4 Å². The van der Waals surface area contributed by atoms with Gasteiger partial charge < -0.3 is 4.90 Å². The zero-order valence-electron chi connectivity index (χ0n) is 14.5. The Morgan fingerprint density at radius 1 is 1.43 bits per heavy atom. The van der Waals surface area contributed by atoms with Crippen LogP contribution in [0, 0.1) is 12.8 Å². The lowest BCUT2D eigenvalue weighted by Gasteiger charge is -2.34. The first-order valence-corrected chi connectivity index (χ1v) is 8.42. The van der Waals surface area contributed by atoms with Crippen molar-refractivity contribution in [3.8, 4) is 0 Å². The van der Waals surface area contributed by atoms with Crippen LogP contribution in [0.1, 0.15) is 31.4 Å². The molecule has 23 heavy (non-hydrogen) atoms. The van der Waals surface area contributed by atoms with Crippen molar-refractivity contribution in [2.75, 3.05) is 11.9 Å². The molecule has 0 saturated heterocycles. The van der Waals surface area contributed by atoms with Crippen molar-refractivity contribution in [2.45, 2.75) is 46.2 Å². The summed E-state index contributed by atoms with van der Waals surface area (Å²) in [7, 11) is 2.18. The molecular formula is C19H26N4. The minimum atomic E-state index is 0.352. The Balaban J connectivity index is 1.75. The van der Waals surface area contributed by atoms with Gasteiger partial charge in [-0.15, -0.1) is 0 Å². The molecule has 2 aromatic rings. The van der Waals surface area contributed by atoms with E-state index in [-0.39, 0.29) is 0 Å². The van der Waals surface area contributed by atoms with Gasteiger partial charge in [0.15, 0.2) is 0 Å². The van der Waals surface area contributed by atoms with E-state index in [4.69, 9.17) is 4.99 Å². The van der Waals surface area contributed by atoms with Gasteiger partial charge in [-0.3, -0.25) is 9.67 Å². The van der Waals surface area contributed by atoms with Crippen LogP contribution in [0.5, 0.6) is 0 Å². The van der Waals surface area contributed by atoms with Gasteiger partial charge in [0.05, 0.1) is 11.9 Å². The lowest BCUT2D eigenvalue weighted by molar-refractivity contribution is 0.547. The van der Waals surface area contributed by atoms with E-state index in [0.29, 0.717) is 12.0 Å². The van der Waals surface area contributed by atoms with Gasteiger partial charge in [-0.05, 0) is 44.4 Å². The summed E-state index contributed by atoms with van der Waals surface area (Å²) < 4.78 is 1.99. The minimum absolute atomic E-state index is 0.352. The molecule has 4 nitrogen and oxygen atoms in total. The van der Waals surface area contributed by atoms with Crippen molar-refractivity contribution < 1.29 is 0 Å². The molecule has 4 heteroatoms. The molecule has 0 N–H and O–H groups in total. The molecule has 2 unspecified atom stereocenters. The number of anilines is 1. The van der Waals surface area contributed by atoms with Gasteiger partial charge in [0.2, 0.25) is 0 Å². The lowest BCUT2D eigenvalue weighted by atomic mass is 9.96. The Labute approximate surface area is 138 Å². The summed E-state index contributed by atoms with van der Waals surface area (Å²) in [5.41, 5.74) is 5.02. The molecule has 0 saturated carbocycles. The van der Waals surface area contributed by atoms with Crippen molar-refractivity contribution in [1.82, 2.24) is 9.78 Å². The summed E-state index contributed by atoms with van der Waals surface area (Å²) in [6.45, 7) is 7.40. The topological polar surface area (TPSA) is 33.4 Å². The highest BCUT2D eigenvalue weighted by Gasteiger charge is 2.21. The Bertz CT molecular complexity index is 701. The molecule has 3 rings (SSSR count). The van der Waals surface area contributed by atoms with Crippen LogP contribution in [0.2, 0.25) is 0 Å². The molecule has 1 aromatic heterocycles.